The average molecular weight is 432 g/mol. The van der Waals surface area contributed by atoms with Crippen molar-refractivity contribution in [1.82, 2.24) is 15.5 Å². The number of piperidine rings is 1. The fourth-order valence-electron chi connectivity index (χ4n) is 3.31. The number of hydrogen-bond acceptors (Lipinski definition) is 3. The van der Waals surface area contributed by atoms with Crippen molar-refractivity contribution in [3.8, 4) is 5.75 Å². The predicted molar refractivity (Wildman–Crippen MR) is 107 cm³/mol. The molecular formula is C17H29IN4O. The number of benzene rings is 1. The summed E-state index contributed by atoms with van der Waals surface area (Å²) in [5.74, 6) is 2.33. The number of hydrogen-bond donors (Lipinski definition) is 2. The van der Waals surface area contributed by atoms with Crippen LogP contribution < -0.4 is 15.4 Å². The molecule has 5 nitrogen and oxygen atoms in total. The van der Waals surface area contributed by atoms with Crippen LogP contribution in [0.25, 0.3) is 0 Å². The van der Waals surface area contributed by atoms with Crippen molar-refractivity contribution in [2.75, 3.05) is 41.3 Å². The summed E-state index contributed by atoms with van der Waals surface area (Å²) in [6.07, 6.45) is 2.47. The van der Waals surface area contributed by atoms with Gasteiger partial charge >= 0.3 is 0 Å². The van der Waals surface area contributed by atoms with Crippen LogP contribution in [-0.2, 0) is 0 Å². The van der Waals surface area contributed by atoms with Crippen LogP contribution in [0.15, 0.2) is 29.3 Å². The second kappa shape index (κ2) is 9.97. The number of nitrogens with zero attached hydrogens (tertiary/aromatic N) is 2. The second-order valence-corrected chi connectivity index (χ2v) is 5.80. The van der Waals surface area contributed by atoms with Gasteiger partial charge in [0.1, 0.15) is 5.75 Å². The van der Waals surface area contributed by atoms with Gasteiger partial charge in [-0.05, 0) is 50.0 Å². The fourth-order valence-corrected chi connectivity index (χ4v) is 3.31. The molecule has 1 fully saturated rings. The number of rotatable bonds is 4. The standard InChI is InChI=1S/C17H28N4O.HI/c1-18-17(19-2)20-12-14-6-5-11-21(3)16(14)13-7-9-15(22-4)10-8-13;/h7-10,14,16H,5-6,11-12H2,1-4H3,(H2,18,19,20);1H. The van der Waals surface area contributed by atoms with Gasteiger partial charge < -0.3 is 15.4 Å². The summed E-state index contributed by atoms with van der Waals surface area (Å²) in [6, 6.07) is 8.90. The lowest BCUT2D eigenvalue weighted by Crippen LogP contribution is -2.44. The zero-order chi connectivity index (χ0) is 15.9. The molecule has 2 unspecified atom stereocenters. The predicted octanol–water partition coefficient (Wildman–Crippen LogP) is 2.49. The molecule has 2 N–H and O–H groups in total. The molecule has 1 aromatic carbocycles. The highest BCUT2D eigenvalue weighted by Gasteiger charge is 2.30. The van der Waals surface area contributed by atoms with E-state index in [0.29, 0.717) is 12.0 Å². The molecule has 6 heteroatoms. The Balaban J connectivity index is 0.00000264. The molecule has 1 heterocycles. The van der Waals surface area contributed by atoms with Crippen LogP contribution in [0.3, 0.4) is 0 Å². The van der Waals surface area contributed by atoms with Crippen molar-refractivity contribution in [3.05, 3.63) is 29.8 Å². The quantitative estimate of drug-likeness (QED) is 0.436. The molecule has 0 aliphatic carbocycles. The number of halogens is 1. The summed E-state index contributed by atoms with van der Waals surface area (Å²) in [5, 5.41) is 6.50. The maximum atomic E-state index is 5.27. The summed E-state index contributed by atoms with van der Waals surface area (Å²) in [6.45, 7) is 2.07. The van der Waals surface area contributed by atoms with Crippen LogP contribution in [0, 0.1) is 5.92 Å². The van der Waals surface area contributed by atoms with Crippen LogP contribution in [-0.4, -0.2) is 52.2 Å². The van der Waals surface area contributed by atoms with Crippen LogP contribution in [0.1, 0.15) is 24.4 Å². The molecule has 1 aromatic rings. The van der Waals surface area contributed by atoms with E-state index in [2.05, 4.69) is 51.8 Å². The lowest BCUT2D eigenvalue weighted by molar-refractivity contribution is 0.122. The van der Waals surface area contributed by atoms with Gasteiger partial charge in [-0.3, -0.25) is 9.89 Å². The van der Waals surface area contributed by atoms with Gasteiger partial charge in [0.05, 0.1) is 7.11 Å². The van der Waals surface area contributed by atoms with E-state index >= 15 is 0 Å². The highest BCUT2D eigenvalue weighted by molar-refractivity contribution is 14.0. The fraction of sp³-hybridized carbons (Fsp3) is 0.588. The van der Waals surface area contributed by atoms with Gasteiger partial charge in [0.15, 0.2) is 5.96 Å². The topological polar surface area (TPSA) is 48.9 Å². The Kier molecular flexibility index (Phi) is 8.68. The first-order chi connectivity index (χ1) is 10.7. The maximum Gasteiger partial charge on any atom is 0.190 e. The minimum Gasteiger partial charge on any atom is -0.497 e. The molecule has 130 valence electrons. The normalized spacial score (nSPS) is 22.2. The van der Waals surface area contributed by atoms with Crippen LogP contribution >= 0.6 is 24.0 Å². The molecule has 2 atom stereocenters. The minimum absolute atomic E-state index is 0. The average Bonchev–Trinajstić information content (AvgIpc) is 2.56. The molecule has 1 aliphatic heterocycles. The zero-order valence-electron chi connectivity index (χ0n) is 14.5. The summed E-state index contributed by atoms with van der Waals surface area (Å²) in [5.41, 5.74) is 1.36. The molecule has 1 aliphatic rings. The van der Waals surface area contributed by atoms with Crippen molar-refractivity contribution in [2.45, 2.75) is 18.9 Å². The molecular weight excluding hydrogens is 403 g/mol. The van der Waals surface area contributed by atoms with E-state index in [-0.39, 0.29) is 24.0 Å². The van der Waals surface area contributed by atoms with E-state index in [1.807, 2.05) is 7.05 Å². The first-order valence-electron chi connectivity index (χ1n) is 7.92. The van der Waals surface area contributed by atoms with Gasteiger partial charge in [0.2, 0.25) is 0 Å². The first-order valence-corrected chi connectivity index (χ1v) is 7.92. The Labute approximate surface area is 156 Å². The van der Waals surface area contributed by atoms with Crippen molar-refractivity contribution >= 4 is 29.9 Å². The molecule has 0 radical (unpaired) electrons. The molecule has 1 saturated heterocycles. The molecule has 2 rings (SSSR count). The lowest BCUT2D eigenvalue weighted by Gasteiger charge is -2.40. The van der Waals surface area contributed by atoms with Gasteiger partial charge in [-0.1, -0.05) is 12.1 Å². The number of methoxy groups -OCH3 is 1. The summed E-state index contributed by atoms with van der Waals surface area (Å²) in [4.78, 5) is 6.65. The van der Waals surface area contributed by atoms with Crippen LogP contribution in [0.5, 0.6) is 5.75 Å². The molecule has 0 spiro atoms. The van der Waals surface area contributed by atoms with Gasteiger partial charge in [-0.25, -0.2) is 0 Å². The Hall–Kier alpha value is -1.02. The van der Waals surface area contributed by atoms with Crippen LogP contribution in [0.2, 0.25) is 0 Å². The highest BCUT2D eigenvalue weighted by Crippen LogP contribution is 2.35. The summed E-state index contributed by atoms with van der Waals surface area (Å²) >= 11 is 0. The highest BCUT2D eigenvalue weighted by atomic mass is 127. The van der Waals surface area contributed by atoms with Crippen molar-refractivity contribution in [3.63, 3.8) is 0 Å². The third kappa shape index (κ3) is 5.24. The number of guanidine groups is 1. The van der Waals surface area contributed by atoms with Crippen molar-refractivity contribution in [1.29, 1.82) is 0 Å². The third-order valence-electron chi connectivity index (χ3n) is 4.46. The lowest BCUT2D eigenvalue weighted by atomic mass is 9.85. The van der Waals surface area contributed by atoms with Crippen molar-refractivity contribution < 1.29 is 4.74 Å². The Morgan fingerprint density at radius 2 is 2.04 bits per heavy atom. The number of nitrogens with one attached hydrogen (secondary N) is 2. The van der Waals surface area contributed by atoms with E-state index < -0.39 is 0 Å². The van der Waals surface area contributed by atoms with Crippen molar-refractivity contribution in [2.24, 2.45) is 10.9 Å². The van der Waals surface area contributed by atoms with E-state index in [0.717, 1.165) is 24.8 Å². The monoisotopic (exact) mass is 432 g/mol. The van der Waals surface area contributed by atoms with E-state index in [1.165, 1.54) is 18.4 Å². The SMILES string of the molecule is CN=C(NC)NCC1CCCN(C)C1c1ccc(OC)cc1.I. The third-order valence-corrected chi connectivity index (χ3v) is 4.46. The van der Waals surface area contributed by atoms with Gasteiger partial charge in [-0.15, -0.1) is 24.0 Å². The van der Waals surface area contributed by atoms with Gasteiger partial charge in [-0.2, -0.15) is 0 Å². The number of likely N-dealkylation sites (tertiary alicyclic amines) is 1. The van der Waals surface area contributed by atoms with E-state index in [9.17, 15) is 0 Å². The molecule has 0 aromatic heterocycles. The zero-order valence-corrected chi connectivity index (χ0v) is 16.8. The Bertz CT molecular complexity index is 492. The Morgan fingerprint density at radius 1 is 1.35 bits per heavy atom. The smallest absolute Gasteiger partial charge is 0.190 e. The van der Waals surface area contributed by atoms with E-state index in [4.69, 9.17) is 4.74 Å². The Morgan fingerprint density at radius 3 is 2.61 bits per heavy atom. The van der Waals surface area contributed by atoms with Gasteiger partial charge in [0.25, 0.3) is 0 Å². The van der Waals surface area contributed by atoms with E-state index in [1.54, 1.807) is 14.2 Å². The number of ether oxygens (including phenoxy) is 1. The molecule has 0 saturated carbocycles. The van der Waals surface area contributed by atoms with Gasteiger partial charge in [0, 0.05) is 26.7 Å². The molecule has 23 heavy (non-hydrogen) atoms. The largest absolute Gasteiger partial charge is 0.497 e. The molecule has 0 bridgehead atoms. The maximum absolute atomic E-state index is 5.27. The summed E-state index contributed by atoms with van der Waals surface area (Å²) in [7, 11) is 7.61. The van der Waals surface area contributed by atoms with Crippen LogP contribution in [0.4, 0.5) is 0 Å². The summed E-state index contributed by atoms with van der Waals surface area (Å²) < 4.78 is 5.27. The number of aliphatic imine (C=N–C) groups is 1. The first kappa shape index (κ1) is 20.0. The molecule has 0 amide bonds. The minimum atomic E-state index is 0. The second-order valence-electron chi connectivity index (χ2n) is 5.80.